The molecule has 6 nitrogen and oxygen atoms in total. The van der Waals surface area contributed by atoms with E-state index >= 15 is 0 Å². The SMILES string of the molecule is CCCCC/C=C\C/C=C\CCCCCCCCCCCC(=O)OCCCCCCCCCCCCCC/C=C\CCCCCCCCCC(=O)NC(CO)C(O)/C=C/CCCCCCCCCCCCCCC. The second kappa shape index (κ2) is 63.4. The number of carbonyl (C=O) groups excluding carboxylic acids is 2. The predicted molar refractivity (Wildman–Crippen MR) is 324 cm³/mol. The predicted octanol–water partition coefficient (Wildman–Crippen LogP) is 20.9. The molecule has 0 aliphatic carbocycles. The molecule has 74 heavy (non-hydrogen) atoms. The Morgan fingerprint density at radius 3 is 1.07 bits per heavy atom. The van der Waals surface area contributed by atoms with Crippen molar-refractivity contribution in [1.82, 2.24) is 5.32 Å². The molecule has 0 rings (SSSR count). The molecule has 0 spiro atoms. The molecule has 0 aromatic heterocycles. The molecule has 2 unspecified atom stereocenters. The fourth-order valence-corrected chi connectivity index (χ4v) is 10.0. The molecule has 3 N–H and O–H groups in total. The summed E-state index contributed by atoms with van der Waals surface area (Å²) in [5, 5.41) is 23.1. The van der Waals surface area contributed by atoms with E-state index in [0.717, 1.165) is 57.8 Å². The van der Waals surface area contributed by atoms with E-state index in [1.54, 1.807) is 6.08 Å². The number of esters is 1. The molecular formula is C68H127NO5. The summed E-state index contributed by atoms with van der Waals surface area (Å²) in [7, 11) is 0. The Bertz CT molecular complexity index is 1240. The second-order valence-electron chi connectivity index (χ2n) is 22.4. The first-order chi connectivity index (χ1) is 36.5. The number of allylic oxidation sites excluding steroid dienone is 7. The average Bonchev–Trinajstić information content (AvgIpc) is 3.40. The highest BCUT2D eigenvalue weighted by molar-refractivity contribution is 5.76. The zero-order valence-corrected chi connectivity index (χ0v) is 49.6. The van der Waals surface area contributed by atoms with Crippen LogP contribution >= 0.6 is 0 Å². The van der Waals surface area contributed by atoms with Crippen LogP contribution in [0.1, 0.15) is 348 Å². The van der Waals surface area contributed by atoms with E-state index < -0.39 is 12.1 Å². The fraction of sp³-hybridized carbons (Fsp3) is 0.853. The van der Waals surface area contributed by atoms with E-state index in [-0.39, 0.29) is 18.5 Å². The van der Waals surface area contributed by atoms with Crippen molar-refractivity contribution in [2.75, 3.05) is 13.2 Å². The number of aliphatic hydroxyl groups excluding tert-OH is 2. The number of carbonyl (C=O) groups is 2. The molecule has 0 saturated heterocycles. The highest BCUT2D eigenvalue weighted by Crippen LogP contribution is 2.17. The molecule has 0 fully saturated rings. The van der Waals surface area contributed by atoms with Gasteiger partial charge < -0.3 is 20.3 Å². The van der Waals surface area contributed by atoms with Gasteiger partial charge in [-0.25, -0.2) is 0 Å². The smallest absolute Gasteiger partial charge is 0.305 e. The lowest BCUT2D eigenvalue weighted by Gasteiger charge is -2.20. The number of aliphatic hydroxyl groups is 2. The Morgan fingerprint density at radius 1 is 0.378 bits per heavy atom. The van der Waals surface area contributed by atoms with Crippen LogP contribution in [0.5, 0.6) is 0 Å². The summed E-state index contributed by atoms with van der Waals surface area (Å²) in [4.78, 5) is 24.6. The Balaban J connectivity index is 3.42. The first-order valence-corrected chi connectivity index (χ1v) is 32.9. The summed E-state index contributed by atoms with van der Waals surface area (Å²) < 4.78 is 5.50. The molecule has 2 atom stereocenters. The van der Waals surface area contributed by atoms with Gasteiger partial charge in [0.15, 0.2) is 0 Å². The van der Waals surface area contributed by atoms with Crippen molar-refractivity contribution in [1.29, 1.82) is 0 Å². The lowest BCUT2D eigenvalue weighted by Crippen LogP contribution is -2.45. The van der Waals surface area contributed by atoms with Crippen molar-refractivity contribution in [3.8, 4) is 0 Å². The second-order valence-corrected chi connectivity index (χ2v) is 22.4. The van der Waals surface area contributed by atoms with Gasteiger partial charge in [-0.15, -0.1) is 0 Å². The molecule has 1 amide bonds. The molecule has 0 aromatic rings. The molecule has 6 heteroatoms. The van der Waals surface area contributed by atoms with Crippen LogP contribution in [0, 0.1) is 0 Å². The van der Waals surface area contributed by atoms with Crippen LogP contribution in [0.3, 0.4) is 0 Å². The van der Waals surface area contributed by atoms with E-state index in [0.29, 0.717) is 19.4 Å². The Morgan fingerprint density at radius 2 is 0.676 bits per heavy atom. The zero-order chi connectivity index (χ0) is 53.6. The highest BCUT2D eigenvalue weighted by atomic mass is 16.5. The standard InChI is InChI=1S/C68H127NO5/c1-3-5-7-9-11-13-15-17-19-20-26-30-34-38-42-46-50-54-58-62-68(73)74-63-59-55-51-47-43-39-35-31-28-25-23-21-22-24-27-29-33-37-41-45-49-53-57-61-67(72)69-65(64-70)66(71)60-56-52-48-44-40-36-32-18-16-14-12-10-8-6-4-2/h11,13,17,19,24,27,56,60,65-66,70-71H,3-10,12,14-16,18,20-23,25-26,28-55,57-59,61-64H2,1-2H3,(H,69,72)/b13-11-,19-17-,27-24-,60-56+. The van der Waals surface area contributed by atoms with Crippen molar-refractivity contribution in [2.45, 2.75) is 360 Å². The Kier molecular flexibility index (Phi) is 61.5. The molecule has 0 radical (unpaired) electrons. The lowest BCUT2D eigenvalue weighted by molar-refractivity contribution is -0.143. The van der Waals surface area contributed by atoms with E-state index in [1.807, 2.05) is 6.08 Å². The van der Waals surface area contributed by atoms with Crippen LogP contribution in [0.4, 0.5) is 0 Å². The molecule has 0 aromatic carbocycles. The highest BCUT2D eigenvalue weighted by Gasteiger charge is 2.18. The van der Waals surface area contributed by atoms with Gasteiger partial charge in [-0.3, -0.25) is 9.59 Å². The lowest BCUT2D eigenvalue weighted by atomic mass is 10.0. The van der Waals surface area contributed by atoms with Crippen LogP contribution in [-0.4, -0.2) is 47.4 Å². The topological polar surface area (TPSA) is 95.9 Å². The monoisotopic (exact) mass is 1040 g/mol. The maximum atomic E-state index is 12.5. The van der Waals surface area contributed by atoms with Gasteiger partial charge in [0.25, 0.3) is 0 Å². The Hall–Kier alpha value is -2.18. The molecule has 434 valence electrons. The van der Waals surface area contributed by atoms with E-state index in [2.05, 4.69) is 55.6 Å². The van der Waals surface area contributed by atoms with E-state index in [9.17, 15) is 19.8 Å². The van der Waals surface area contributed by atoms with Crippen molar-refractivity contribution in [2.24, 2.45) is 0 Å². The molecular weight excluding hydrogens is 911 g/mol. The number of rotatable bonds is 61. The largest absolute Gasteiger partial charge is 0.466 e. The number of nitrogens with one attached hydrogen (secondary N) is 1. The maximum Gasteiger partial charge on any atom is 0.305 e. The molecule has 0 aliphatic rings. The summed E-state index contributed by atoms with van der Waals surface area (Å²) in [5.74, 6) is -0.0663. The van der Waals surface area contributed by atoms with Crippen molar-refractivity contribution in [3.63, 3.8) is 0 Å². The fourth-order valence-electron chi connectivity index (χ4n) is 10.0. The third-order valence-corrected chi connectivity index (χ3v) is 15.1. The quantitative estimate of drug-likeness (QED) is 0.0320. The zero-order valence-electron chi connectivity index (χ0n) is 49.6. The minimum Gasteiger partial charge on any atom is -0.466 e. The first kappa shape index (κ1) is 71.8. The molecule has 0 saturated carbocycles. The number of hydrogen-bond donors (Lipinski definition) is 3. The van der Waals surface area contributed by atoms with Crippen LogP contribution in [0.15, 0.2) is 48.6 Å². The third kappa shape index (κ3) is 59.1. The molecule has 0 aliphatic heterocycles. The summed E-state index contributed by atoms with van der Waals surface area (Å²) in [6.07, 6.45) is 81.6. The van der Waals surface area contributed by atoms with Gasteiger partial charge in [-0.2, -0.15) is 0 Å². The van der Waals surface area contributed by atoms with E-state index in [1.165, 1.54) is 263 Å². The van der Waals surface area contributed by atoms with Gasteiger partial charge in [-0.1, -0.05) is 294 Å². The number of hydrogen-bond acceptors (Lipinski definition) is 5. The van der Waals surface area contributed by atoms with Gasteiger partial charge in [0.2, 0.25) is 5.91 Å². The van der Waals surface area contributed by atoms with Crippen LogP contribution in [0.2, 0.25) is 0 Å². The van der Waals surface area contributed by atoms with Gasteiger partial charge in [0.1, 0.15) is 0 Å². The van der Waals surface area contributed by atoms with Crippen LogP contribution in [-0.2, 0) is 14.3 Å². The summed E-state index contributed by atoms with van der Waals surface area (Å²) in [6.45, 7) is 4.89. The van der Waals surface area contributed by atoms with Crippen molar-refractivity contribution in [3.05, 3.63) is 48.6 Å². The summed E-state index contributed by atoms with van der Waals surface area (Å²) in [6, 6.07) is -0.633. The van der Waals surface area contributed by atoms with Gasteiger partial charge in [-0.05, 0) is 89.9 Å². The summed E-state index contributed by atoms with van der Waals surface area (Å²) in [5.41, 5.74) is 0. The van der Waals surface area contributed by atoms with Crippen molar-refractivity contribution < 1.29 is 24.5 Å². The molecule has 0 heterocycles. The maximum absolute atomic E-state index is 12.5. The number of ether oxygens (including phenoxy) is 1. The van der Waals surface area contributed by atoms with Gasteiger partial charge >= 0.3 is 5.97 Å². The van der Waals surface area contributed by atoms with Gasteiger partial charge in [0.05, 0.1) is 25.4 Å². The third-order valence-electron chi connectivity index (χ3n) is 15.1. The minimum atomic E-state index is -0.849. The van der Waals surface area contributed by atoms with Gasteiger partial charge in [0, 0.05) is 12.8 Å². The number of unbranched alkanes of at least 4 members (excludes halogenated alkanes) is 44. The number of amides is 1. The van der Waals surface area contributed by atoms with Crippen LogP contribution in [0.25, 0.3) is 0 Å². The minimum absolute atomic E-state index is 0.00713. The first-order valence-electron chi connectivity index (χ1n) is 32.9. The summed E-state index contributed by atoms with van der Waals surface area (Å²) >= 11 is 0. The molecule has 0 bridgehead atoms. The normalized spacial score (nSPS) is 12.9. The van der Waals surface area contributed by atoms with E-state index in [4.69, 9.17) is 4.74 Å². The Labute approximate surface area is 461 Å². The van der Waals surface area contributed by atoms with Crippen LogP contribution < -0.4 is 5.32 Å². The average molecular weight is 1040 g/mol. The van der Waals surface area contributed by atoms with Crippen molar-refractivity contribution >= 4 is 11.9 Å².